The normalized spacial score (nSPS) is 37.5. The molecule has 0 aromatic rings. The van der Waals surface area contributed by atoms with Crippen molar-refractivity contribution in [1.29, 1.82) is 0 Å². The second-order valence-corrected chi connectivity index (χ2v) is 5.31. The van der Waals surface area contributed by atoms with Crippen LogP contribution < -0.4 is 0 Å². The Balaban J connectivity index is 1.96. The molecule has 2 rings (SSSR count). The predicted octanol–water partition coefficient (Wildman–Crippen LogP) is 3.59. The van der Waals surface area contributed by atoms with Crippen molar-refractivity contribution in [2.45, 2.75) is 46.0 Å². The summed E-state index contributed by atoms with van der Waals surface area (Å²) >= 11 is 0. The Morgan fingerprint density at radius 1 is 1.20 bits per heavy atom. The van der Waals surface area contributed by atoms with Gasteiger partial charge in [-0.1, -0.05) is 25.5 Å². The molecule has 1 nitrogen and oxygen atoms in total. The Hall–Kier alpha value is -0.590. The number of allylic oxidation sites excluding steroid dienone is 2. The van der Waals surface area contributed by atoms with Gasteiger partial charge in [-0.15, -0.1) is 0 Å². The highest BCUT2D eigenvalue weighted by Crippen LogP contribution is 2.51. The molecule has 1 saturated carbocycles. The summed E-state index contributed by atoms with van der Waals surface area (Å²) in [6.07, 6.45) is 10.8. The molecular formula is C14H22O. The molecule has 0 amide bonds. The van der Waals surface area contributed by atoms with Gasteiger partial charge in [0.15, 0.2) is 0 Å². The van der Waals surface area contributed by atoms with E-state index >= 15 is 0 Å². The summed E-state index contributed by atoms with van der Waals surface area (Å²) in [5.41, 5.74) is 0. The number of rotatable bonds is 5. The minimum absolute atomic E-state index is 0.358. The fourth-order valence-electron chi connectivity index (χ4n) is 3.59. The molecule has 0 heterocycles. The fraction of sp³-hybridized carbons (Fsp3) is 0.786. The van der Waals surface area contributed by atoms with Gasteiger partial charge < -0.3 is 4.79 Å². The number of Topliss-reactive ketones (excluding diaryl/α,β-unsaturated/α-hetero) is 1. The van der Waals surface area contributed by atoms with Crippen molar-refractivity contribution >= 4 is 5.78 Å². The van der Waals surface area contributed by atoms with Crippen molar-refractivity contribution in [2.24, 2.45) is 23.7 Å². The summed E-state index contributed by atoms with van der Waals surface area (Å²) < 4.78 is 0. The predicted molar refractivity (Wildman–Crippen MR) is 62.5 cm³/mol. The number of fused-ring (bicyclic) bond motifs is 2. The van der Waals surface area contributed by atoms with Gasteiger partial charge in [-0.2, -0.15) is 0 Å². The van der Waals surface area contributed by atoms with E-state index < -0.39 is 0 Å². The van der Waals surface area contributed by atoms with E-state index in [9.17, 15) is 4.79 Å². The van der Waals surface area contributed by atoms with Gasteiger partial charge in [0.1, 0.15) is 5.78 Å². The highest BCUT2D eigenvalue weighted by molar-refractivity contribution is 5.75. The third kappa shape index (κ3) is 2.16. The number of carbonyl (C=O) groups is 1. The van der Waals surface area contributed by atoms with Gasteiger partial charge >= 0.3 is 0 Å². The van der Waals surface area contributed by atoms with Gasteiger partial charge in [-0.05, 0) is 49.9 Å². The Morgan fingerprint density at radius 2 is 1.80 bits per heavy atom. The lowest BCUT2D eigenvalue weighted by atomic mass is 9.78. The summed E-state index contributed by atoms with van der Waals surface area (Å²) in [6.45, 7) is 4.00. The largest absolute Gasteiger partial charge is 0.300 e. The van der Waals surface area contributed by atoms with Crippen LogP contribution in [0.3, 0.4) is 0 Å². The van der Waals surface area contributed by atoms with E-state index in [0.717, 1.165) is 36.5 Å². The molecule has 0 aromatic carbocycles. The van der Waals surface area contributed by atoms with Crippen LogP contribution in [0.4, 0.5) is 0 Å². The summed E-state index contributed by atoms with van der Waals surface area (Å²) in [4.78, 5) is 11.1. The molecule has 0 N–H and O–H groups in total. The quantitative estimate of drug-likeness (QED) is 0.628. The maximum absolute atomic E-state index is 11.1. The van der Waals surface area contributed by atoms with Crippen LogP contribution >= 0.6 is 0 Å². The van der Waals surface area contributed by atoms with Crippen LogP contribution in [0.5, 0.6) is 0 Å². The third-order valence-electron chi connectivity index (χ3n) is 4.25. The van der Waals surface area contributed by atoms with Gasteiger partial charge in [-0.3, -0.25) is 0 Å². The van der Waals surface area contributed by atoms with Gasteiger partial charge in [-0.25, -0.2) is 0 Å². The fourth-order valence-corrected chi connectivity index (χ4v) is 3.59. The molecule has 2 bridgehead atoms. The van der Waals surface area contributed by atoms with Crippen LogP contribution in [0.15, 0.2) is 12.2 Å². The van der Waals surface area contributed by atoms with E-state index in [1.54, 1.807) is 6.92 Å². The lowest BCUT2D eigenvalue weighted by Gasteiger charge is -2.27. The molecule has 4 unspecified atom stereocenters. The van der Waals surface area contributed by atoms with Crippen LogP contribution in [0.1, 0.15) is 46.0 Å². The summed E-state index contributed by atoms with van der Waals surface area (Å²) in [6, 6.07) is 0. The zero-order chi connectivity index (χ0) is 10.8. The van der Waals surface area contributed by atoms with Gasteiger partial charge in [0.25, 0.3) is 0 Å². The lowest BCUT2D eigenvalue weighted by molar-refractivity contribution is -0.117. The first-order chi connectivity index (χ1) is 7.22. The molecule has 4 atom stereocenters. The van der Waals surface area contributed by atoms with Crippen molar-refractivity contribution in [3.8, 4) is 0 Å². The van der Waals surface area contributed by atoms with Crippen LogP contribution in [-0.4, -0.2) is 5.78 Å². The van der Waals surface area contributed by atoms with Crippen LogP contribution in [0, 0.1) is 23.7 Å². The molecular weight excluding hydrogens is 184 g/mol. The minimum Gasteiger partial charge on any atom is -0.300 e. The topological polar surface area (TPSA) is 17.1 Å². The number of hydrogen-bond donors (Lipinski definition) is 0. The highest BCUT2D eigenvalue weighted by Gasteiger charge is 2.43. The van der Waals surface area contributed by atoms with Crippen LogP contribution in [0.25, 0.3) is 0 Å². The molecule has 0 aliphatic heterocycles. The first-order valence-electron chi connectivity index (χ1n) is 6.40. The molecule has 0 aromatic heterocycles. The van der Waals surface area contributed by atoms with Crippen LogP contribution in [-0.2, 0) is 4.79 Å². The molecule has 2 aliphatic carbocycles. The maximum Gasteiger partial charge on any atom is 0.129 e. The van der Waals surface area contributed by atoms with E-state index in [2.05, 4.69) is 19.1 Å². The van der Waals surface area contributed by atoms with E-state index in [4.69, 9.17) is 0 Å². The second-order valence-electron chi connectivity index (χ2n) is 5.31. The van der Waals surface area contributed by atoms with Gasteiger partial charge in [0.2, 0.25) is 0 Å². The number of ketones is 1. The molecule has 84 valence electrons. The summed E-state index contributed by atoms with van der Waals surface area (Å²) in [5, 5.41) is 0. The zero-order valence-electron chi connectivity index (χ0n) is 9.91. The maximum atomic E-state index is 11.1. The van der Waals surface area contributed by atoms with E-state index in [1.807, 2.05) is 0 Å². The van der Waals surface area contributed by atoms with Gasteiger partial charge in [0.05, 0.1) is 0 Å². The summed E-state index contributed by atoms with van der Waals surface area (Å²) in [5.74, 6) is 3.68. The second kappa shape index (κ2) is 4.51. The first kappa shape index (κ1) is 10.9. The Labute approximate surface area is 92.9 Å². The van der Waals surface area contributed by atoms with E-state index in [0.29, 0.717) is 5.78 Å². The molecule has 0 saturated heterocycles. The zero-order valence-corrected chi connectivity index (χ0v) is 9.91. The Morgan fingerprint density at radius 3 is 2.33 bits per heavy atom. The Kier molecular flexibility index (Phi) is 3.28. The van der Waals surface area contributed by atoms with Crippen molar-refractivity contribution in [3.63, 3.8) is 0 Å². The Bertz CT molecular complexity index is 267. The van der Waals surface area contributed by atoms with Crippen LogP contribution in [0.2, 0.25) is 0 Å². The average molecular weight is 206 g/mol. The molecule has 2 aliphatic rings. The number of hydrogen-bond acceptors (Lipinski definition) is 1. The smallest absolute Gasteiger partial charge is 0.129 e. The molecule has 0 spiro atoms. The van der Waals surface area contributed by atoms with Crippen molar-refractivity contribution in [1.82, 2.24) is 0 Å². The third-order valence-corrected chi connectivity index (χ3v) is 4.25. The highest BCUT2D eigenvalue weighted by atomic mass is 16.1. The van der Waals surface area contributed by atoms with E-state index in [1.165, 1.54) is 19.3 Å². The molecule has 1 heteroatoms. The molecule has 15 heavy (non-hydrogen) atoms. The van der Waals surface area contributed by atoms with Crippen molar-refractivity contribution in [3.05, 3.63) is 12.2 Å². The summed E-state index contributed by atoms with van der Waals surface area (Å²) in [7, 11) is 0. The van der Waals surface area contributed by atoms with E-state index in [-0.39, 0.29) is 0 Å². The standard InChI is InChI=1S/C14H22O/c1-3-4-13-11-6-7-12(9-11)14(13)8-5-10(2)15/h6-7,11-14H,3-5,8-9H2,1-2H3. The van der Waals surface area contributed by atoms with Gasteiger partial charge in [0, 0.05) is 6.42 Å². The molecule has 1 fully saturated rings. The monoisotopic (exact) mass is 206 g/mol. The number of carbonyl (C=O) groups excluding carboxylic acids is 1. The minimum atomic E-state index is 0.358. The SMILES string of the molecule is CCCC1C2C=CC(C2)C1CCC(C)=O. The van der Waals surface area contributed by atoms with Crippen molar-refractivity contribution < 1.29 is 4.79 Å². The average Bonchev–Trinajstić information content (AvgIpc) is 2.76. The van der Waals surface area contributed by atoms with Crippen molar-refractivity contribution in [2.75, 3.05) is 0 Å². The lowest BCUT2D eigenvalue weighted by Crippen LogP contribution is -2.20. The first-order valence-corrected chi connectivity index (χ1v) is 6.40. The molecule has 0 radical (unpaired) electrons.